The first-order chi connectivity index (χ1) is 14.9. The van der Waals surface area contributed by atoms with Crippen LogP contribution in [0.25, 0.3) is 22.2 Å². The molecule has 0 aliphatic carbocycles. The molecule has 2 amide bonds. The number of fused-ring (bicyclic) bond motifs is 1. The minimum atomic E-state index is -0.494. The molecule has 31 heavy (non-hydrogen) atoms. The summed E-state index contributed by atoms with van der Waals surface area (Å²) in [6, 6.07) is 5.44. The quantitative estimate of drug-likeness (QED) is 0.661. The second-order valence-electron chi connectivity index (χ2n) is 7.91. The topological polar surface area (TPSA) is 89.4 Å². The molecular weight excluding hydrogens is 394 g/mol. The summed E-state index contributed by atoms with van der Waals surface area (Å²) >= 11 is 0. The van der Waals surface area contributed by atoms with Gasteiger partial charge in [0.1, 0.15) is 17.6 Å². The minimum absolute atomic E-state index is 0.0340. The number of amides is 2. The molecule has 4 rings (SSSR count). The predicted octanol–water partition coefficient (Wildman–Crippen LogP) is 2.58. The van der Waals surface area contributed by atoms with Gasteiger partial charge in [-0.25, -0.2) is 9.97 Å². The molecular formula is C23H27N5O3. The fraction of sp³-hybridized carbons (Fsp3) is 0.391. The van der Waals surface area contributed by atoms with E-state index in [1.54, 1.807) is 25.1 Å². The number of likely N-dealkylation sites (tertiary alicyclic amines) is 1. The average molecular weight is 422 g/mol. The van der Waals surface area contributed by atoms with Gasteiger partial charge in [0.2, 0.25) is 11.8 Å². The highest BCUT2D eigenvalue weighted by Crippen LogP contribution is 2.33. The van der Waals surface area contributed by atoms with Gasteiger partial charge in [0.05, 0.1) is 12.8 Å². The molecule has 1 atom stereocenters. The van der Waals surface area contributed by atoms with E-state index in [2.05, 4.69) is 10.3 Å². The van der Waals surface area contributed by atoms with Gasteiger partial charge in [0, 0.05) is 61.0 Å². The molecule has 8 heteroatoms. The highest BCUT2D eigenvalue weighted by atomic mass is 16.5. The van der Waals surface area contributed by atoms with E-state index >= 15 is 0 Å². The first kappa shape index (κ1) is 20.8. The van der Waals surface area contributed by atoms with Crippen molar-refractivity contribution < 1.29 is 14.3 Å². The van der Waals surface area contributed by atoms with Crippen molar-refractivity contribution in [3.63, 3.8) is 0 Å². The van der Waals surface area contributed by atoms with E-state index in [-0.39, 0.29) is 18.4 Å². The van der Waals surface area contributed by atoms with E-state index in [1.165, 1.54) is 0 Å². The Balaban J connectivity index is 1.64. The zero-order chi connectivity index (χ0) is 22.1. The summed E-state index contributed by atoms with van der Waals surface area (Å²) in [6.45, 7) is 4.52. The standard InChI is InChI=1S/C23H27N5O3/c1-14(28-9-5-6-21(28)29)23(30)25-12-16-11-24-15(2)26-22(16)19-13-27(3)20-8-7-17(31-4)10-18(19)20/h7-8,10-11,13-14H,5-6,9,12H2,1-4H3,(H,25,30). The van der Waals surface area contributed by atoms with Crippen LogP contribution in [0.2, 0.25) is 0 Å². The summed E-state index contributed by atoms with van der Waals surface area (Å²) in [7, 11) is 3.63. The molecule has 1 aliphatic heterocycles. The van der Waals surface area contributed by atoms with Crippen molar-refractivity contribution in [1.29, 1.82) is 0 Å². The first-order valence-corrected chi connectivity index (χ1v) is 10.4. The van der Waals surface area contributed by atoms with Crippen molar-refractivity contribution >= 4 is 22.7 Å². The Morgan fingerprint density at radius 1 is 1.35 bits per heavy atom. The summed E-state index contributed by atoms with van der Waals surface area (Å²) in [6.07, 6.45) is 5.10. The smallest absolute Gasteiger partial charge is 0.242 e. The zero-order valence-corrected chi connectivity index (χ0v) is 18.3. The van der Waals surface area contributed by atoms with Crippen LogP contribution in [0.4, 0.5) is 0 Å². The largest absolute Gasteiger partial charge is 0.497 e. The number of hydrogen-bond donors (Lipinski definition) is 1. The number of nitrogens with one attached hydrogen (secondary N) is 1. The zero-order valence-electron chi connectivity index (χ0n) is 18.3. The number of hydrogen-bond acceptors (Lipinski definition) is 5. The Morgan fingerprint density at radius 2 is 2.16 bits per heavy atom. The van der Waals surface area contributed by atoms with Crippen LogP contribution in [0.5, 0.6) is 5.75 Å². The Morgan fingerprint density at radius 3 is 2.87 bits per heavy atom. The molecule has 1 aliphatic rings. The van der Waals surface area contributed by atoms with E-state index in [9.17, 15) is 9.59 Å². The lowest BCUT2D eigenvalue weighted by Crippen LogP contribution is -2.45. The van der Waals surface area contributed by atoms with Crippen LogP contribution in [0.3, 0.4) is 0 Å². The van der Waals surface area contributed by atoms with Gasteiger partial charge in [-0.15, -0.1) is 0 Å². The molecule has 3 aromatic rings. The molecule has 1 unspecified atom stereocenters. The summed E-state index contributed by atoms with van der Waals surface area (Å²) in [5.41, 5.74) is 3.60. The van der Waals surface area contributed by atoms with Crippen LogP contribution >= 0.6 is 0 Å². The number of nitrogens with zero attached hydrogens (tertiary/aromatic N) is 4. The Bertz CT molecular complexity index is 1150. The normalized spacial score (nSPS) is 14.8. The van der Waals surface area contributed by atoms with Gasteiger partial charge in [-0.1, -0.05) is 0 Å². The third-order valence-electron chi connectivity index (χ3n) is 5.85. The van der Waals surface area contributed by atoms with Crippen LogP contribution in [0.15, 0.2) is 30.6 Å². The molecule has 2 aromatic heterocycles. The van der Waals surface area contributed by atoms with E-state index in [0.29, 0.717) is 18.8 Å². The highest BCUT2D eigenvalue weighted by Gasteiger charge is 2.29. The second kappa shape index (κ2) is 8.37. The van der Waals surface area contributed by atoms with Crippen LogP contribution in [0, 0.1) is 6.92 Å². The van der Waals surface area contributed by atoms with Gasteiger partial charge < -0.3 is 19.5 Å². The maximum atomic E-state index is 12.7. The summed E-state index contributed by atoms with van der Waals surface area (Å²) < 4.78 is 7.45. The summed E-state index contributed by atoms with van der Waals surface area (Å²) in [5, 5.41) is 3.98. The third-order valence-corrected chi connectivity index (χ3v) is 5.85. The molecule has 1 fully saturated rings. The van der Waals surface area contributed by atoms with E-state index in [1.807, 2.05) is 42.9 Å². The number of benzene rings is 1. The lowest BCUT2D eigenvalue weighted by molar-refractivity contribution is -0.136. The monoisotopic (exact) mass is 421 g/mol. The summed E-state index contributed by atoms with van der Waals surface area (Å²) in [4.78, 5) is 35.3. The van der Waals surface area contributed by atoms with Crippen LogP contribution < -0.4 is 10.1 Å². The van der Waals surface area contributed by atoms with Crippen LogP contribution in [-0.4, -0.2) is 50.9 Å². The van der Waals surface area contributed by atoms with Crippen molar-refractivity contribution in [2.45, 2.75) is 39.3 Å². The van der Waals surface area contributed by atoms with Crippen LogP contribution in [0.1, 0.15) is 31.2 Å². The summed E-state index contributed by atoms with van der Waals surface area (Å²) in [5.74, 6) is 1.28. The Labute approximate surface area is 181 Å². The third kappa shape index (κ3) is 3.97. The number of ether oxygens (including phenoxy) is 1. The van der Waals surface area contributed by atoms with E-state index in [4.69, 9.17) is 9.72 Å². The van der Waals surface area contributed by atoms with Crippen molar-refractivity contribution in [2.75, 3.05) is 13.7 Å². The molecule has 1 aromatic carbocycles. The fourth-order valence-electron chi connectivity index (χ4n) is 4.09. The lowest BCUT2D eigenvalue weighted by Gasteiger charge is -2.23. The number of methoxy groups -OCH3 is 1. The van der Waals surface area contributed by atoms with Gasteiger partial charge >= 0.3 is 0 Å². The number of aromatic nitrogens is 3. The maximum Gasteiger partial charge on any atom is 0.242 e. The maximum absolute atomic E-state index is 12.7. The fourth-order valence-corrected chi connectivity index (χ4v) is 4.09. The lowest BCUT2D eigenvalue weighted by atomic mass is 10.1. The number of carbonyl (C=O) groups excluding carboxylic acids is 2. The van der Waals surface area contributed by atoms with Gasteiger partial charge in [-0.2, -0.15) is 0 Å². The van der Waals surface area contributed by atoms with Crippen molar-refractivity contribution in [1.82, 2.24) is 24.8 Å². The van der Waals surface area contributed by atoms with Crippen molar-refractivity contribution in [2.24, 2.45) is 7.05 Å². The van der Waals surface area contributed by atoms with Crippen molar-refractivity contribution in [3.05, 3.63) is 42.0 Å². The van der Waals surface area contributed by atoms with Gasteiger partial charge in [-0.05, 0) is 38.5 Å². The minimum Gasteiger partial charge on any atom is -0.497 e. The van der Waals surface area contributed by atoms with E-state index < -0.39 is 6.04 Å². The van der Waals surface area contributed by atoms with E-state index in [0.717, 1.165) is 39.9 Å². The van der Waals surface area contributed by atoms with Gasteiger partial charge in [0.25, 0.3) is 0 Å². The van der Waals surface area contributed by atoms with Gasteiger partial charge in [-0.3, -0.25) is 9.59 Å². The Kier molecular flexibility index (Phi) is 5.63. The number of rotatable bonds is 6. The highest BCUT2D eigenvalue weighted by molar-refractivity contribution is 5.96. The molecule has 1 N–H and O–H groups in total. The van der Waals surface area contributed by atoms with Crippen LogP contribution in [-0.2, 0) is 23.2 Å². The van der Waals surface area contributed by atoms with Crippen molar-refractivity contribution in [3.8, 4) is 17.0 Å². The molecule has 0 radical (unpaired) electrons. The molecule has 0 spiro atoms. The Hall–Kier alpha value is -3.42. The predicted molar refractivity (Wildman–Crippen MR) is 117 cm³/mol. The molecule has 162 valence electrons. The molecule has 1 saturated heterocycles. The second-order valence-corrected chi connectivity index (χ2v) is 7.91. The molecule has 8 nitrogen and oxygen atoms in total. The molecule has 0 saturated carbocycles. The SMILES string of the molecule is COc1ccc2c(c1)c(-c1nc(C)ncc1CNC(=O)C(C)N1CCCC1=O)cn2C. The first-order valence-electron chi connectivity index (χ1n) is 10.4. The molecule has 3 heterocycles. The number of carbonyl (C=O) groups is 2. The van der Waals surface area contributed by atoms with Gasteiger partial charge in [0.15, 0.2) is 0 Å². The average Bonchev–Trinajstić information content (AvgIpc) is 3.34. The number of aryl methyl sites for hydroxylation is 2. The molecule has 0 bridgehead atoms.